The van der Waals surface area contributed by atoms with Crippen LogP contribution in [0.5, 0.6) is 11.5 Å². The Morgan fingerprint density at radius 3 is 1.71 bits per heavy atom. The van der Waals surface area contributed by atoms with Gasteiger partial charge in [0.2, 0.25) is 0 Å². The summed E-state index contributed by atoms with van der Waals surface area (Å²) in [6.07, 6.45) is 8.72. The van der Waals surface area contributed by atoms with Crippen molar-refractivity contribution in [3.05, 3.63) is 54.9 Å². The van der Waals surface area contributed by atoms with Crippen molar-refractivity contribution in [1.29, 1.82) is 0 Å². The molecule has 0 unspecified atom stereocenters. The molecule has 0 saturated carbocycles. The lowest BCUT2D eigenvalue weighted by Gasteiger charge is -2.23. The van der Waals surface area contributed by atoms with Gasteiger partial charge >= 0.3 is 0 Å². The van der Waals surface area contributed by atoms with Crippen molar-refractivity contribution < 1.29 is 9.47 Å². The Bertz CT molecular complexity index is 542. The third-order valence-electron chi connectivity index (χ3n) is 4.56. The first-order valence-corrected chi connectivity index (χ1v) is 10.6. The molecule has 0 aliphatic carbocycles. The van der Waals surface area contributed by atoms with Crippen LogP contribution in [-0.4, -0.2) is 43.4 Å². The standard InChI is InChI=1S/C11H15NO.C10H14N2O.C2H6/c1-2-4-10(5-3-1)13-11-6-8-12-9-7-11;1-2-10(8-12-5-1)13-9-3-6-11-7-4-9;1-2/h1-5,11-12H,6-9H2;1-2,5,8-9,11H,3-4,6-7H2;1-2H3. The highest BCUT2D eigenvalue weighted by Crippen LogP contribution is 2.15. The van der Waals surface area contributed by atoms with E-state index in [1.165, 1.54) is 0 Å². The third-order valence-corrected chi connectivity index (χ3v) is 4.56. The average Bonchev–Trinajstić information content (AvgIpc) is 2.79. The second kappa shape index (κ2) is 14.0. The van der Waals surface area contributed by atoms with Crippen LogP contribution in [0.2, 0.25) is 0 Å². The molecule has 1 aromatic carbocycles. The lowest BCUT2D eigenvalue weighted by atomic mass is 10.1. The number of rotatable bonds is 4. The summed E-state index contributed by atoms with van der Waals surface area (Å²) in [4.78, 5) is 4.01. The summed E-state index contributed by atoms with van der Waals surface area (Å²) in [6.45, 7) is 8.28. The monoisotopic (exact) mass is 385 g/mol. The summed E-state index contributed by atoms with van der Waals surface area (Å²) in [7, 11) is 0. The van der Waals surface area contributed by atoms with E-state index in [0.717, 1.165) is 63.4 Å². The molecule has 0 atom stereocenters. The number of nitrogens with one attached hydrogen (secondary N) is 2. The van der Waals surface area contributed by atoms with E-state index in [9.17, 15) is 0 Å². The van der Waals surface area contributed by atoms with Crippen molar-refractivity contribution in [2.75, 3.05) is 26.2 Å². The van der Waals surface area contributed by atoms with Crippen LogP contribution in [0, 0.1) is 0 Å². The van der Waals surface area contributed by atoms with Crippen molar-refractivity contribution in [2.24, 2.45) is 0 Å². The van der Waals surface area contributed by atoms with Gasteiger partial charge in [0, 0.05) is 6.20 Å². The van der Waals surface area contributed by atoms with Crippen molar-refractivity contribution in [2.45, 2.75) is 51.7 Å². The minimum Gasteiger partial charge on any atom is -0.490 e. The average molecular weight is 386 g/mol. The van der Waals surface area contributed by atoms with Crippen LogP contribution in [0.4, 0.5) is 0 Å². The Balaban J connectivity index is 0.000000184. The van der Waals surface area contributed by atoms with Gasteiger partial charge in [-0.2, -0.15) is 0 Å². The highest BCUT2D eigenvalue weighted by Gasteiger charge is 2.14. The van der Waals surface area contributed by atoms with Gasteiger partial charge < -0.3 is 20.1 Å². The number of pyridine rings is 1. The molecule has 2 fully saturated rings. The van der Waals surface area contributed by atoms with Gasteiger partial charge in [0.1, 0.15) is 23.7 Å². The molecule has 2 aromatic rings. The van der Waals surface area contributed by atoms with Crippen LogP contribution in [0.1, 0.15) is 39.5 Å². The van der Waals surface area contributed by atoms with Gasteiger partial charge in [-0.05, 0) is 76.1 Å². The molecule has 0 radical (unpaired) electrons. The first-order chi connectivity index (χ1) is 13.9. The molecule has 2 aliphatic rings. The van der Waals surface area contributed by atoms with Gasteiger partial charge in [0.15, 0.2) is 0 Å². The maximum absolute atomic E-state index is 5.82. The molecule has 3 heterocycles. The van der Waals surface area contributed by atoms with E-state index >= 15 is 0 Å². The maximum Gasteiger partial charge on any atom is 0.137 e. The van der Waals surface area contributed by atoms with Crippen LogP contribution < -0.4 is 20.1 Å². The highest BCUT2D eigenvalue weighted by molar-refractivity contribution is 5.21. The zero-order chi connectivity index (χ0) is 19.9. The lowest BCUT2D eigenvalue weighted by molar-refractivity contribution is 0.162. The minimum atomic E-state index is 0.366. The molecule has 2 saturated heterocycles. The zero-order valence-corrected chi connectivity index (χ0v) is 17.3. The first kappa shape index (κ1) is 22.2. The van der Waals surface area contributed by atoms with Gasteiger partial charge in [-0.1, -0.05) is 32.0 Å². The molecular formula is C23H35N3O2. The highest BCUT2D eigenvalue weighted by atomic mass is 16.5. The smallest absolute Gasteiger partial charge is 0.137 e. The van der Waals surface area contributed by atoms with E-state index in [0.29, 0.717) is 12.2 Å². The fourth-order valence-corrected chi connectivity index (χ4v) is 3.13. The summed E-state index contributed by atoms with van der Waals surface area (Å²) in [5.74, 6) is 1.88. The quantitative estimate of drug-likeness (QED) is 0.831. The molecule has 0 bridgehead atoms. The topological polar surface area (TPSA) is 55.4 Å². The number of benzene rings is 1. The number of hydrogen-bond acceptors (Lipinski definition) is 5. The summed E-state index contributed by atoms with van der Waals surface area (Å²) in [5.41, 5.74) is 0. The van der Waals surface area contributed by atoms with Crippen LogP contribution in [-0.2, 0) is 0 Å². The minimum absolute atomic E-state index is 0.366. The van der Waals surface area contributed by atoms with E-state index in [1.54, 1.807) is 12.4 Å². The second-order valence-electron chi connectivity index (χ2n) is 6.64. The van der Waals surface area contributed by atoms with Crippen molar-refractivity contribution in [3.8, 4) is 11.5 Å². The molecule has 1 aromatic heterocycles. The molecule has 2 N–H and O–H groups in total. The number of nitrogens with zero attached hydrogens (tertiary/aromatic N) is 1. The first-order valence-electron chi connectivity index (χ1n) is 10.6. The fourth-order valence-electron chi connectivity index (χ4n) is 3.13. The summed E-state index contributed by atoms with van der Waals surface area (Å²) < 4.78 is 11.6. The lowest BCUT2D eigenvalue weighted by Crippen LogP contribution is -2.34. The molecule has 0 spiro atoms. The zero-order valence-electron chi connectivity index (χ0n) is 17.3. The second-order valence-corrected chi connectivity index (χ2v) is 6.64. The van der Waals surface area contributed by atoms with Gasteiger partial charge in [-0.25, -0.2) is 0 Å². The Morgan fingerprint density at radius 1 is 0.714 bits per heavy atom. The number of ether oxygens (including phenoxy) is 2. The van der Waals surface area contributed by atoms with Crippen molar-refractivity contribution in [3.63, 3.8) is 0 Å². The number of aromatic nitrogens is 1. The molecule has 5 nitrogen and oxygen atoms in total. The van der Waals surface area contributed by atoms with E-state index in [4.69, 9.17) is 9.47 Å². The van der Waals surface area contributed by atoms with E-state index in [2.05, 4.69) is 15.6 Å². The van der Waals surface area contributed by atoms with E-state index < -0.39 is 0 Å². The van der Waals surface area contributed by atoms with Gasteiger partial charge in [0.05, 0.1) is 6.20 Å². The van der Waals surface area contributed by atoms with Crippen LogP contribution in [0.25, 0.3) is 0 Å². The molecule has 28 heavy (non-hydrogen) atoms. The van der Waals surface area contributed by atoms with Crippen LogP contribution >= 0.6 is 0 Å². The van der Waals surface area contributed by atoms with Crippen LogP contribution in [0.15, 0.2) is 54.9 Å². The normalized spacial score (nSPS) is 17.4. The maximum atomic E-state index is 5.82. The molecule has 2 aliphatic heterocycles. The number of hydrogen-bond donors (Lipinski definition) is 2. The number of para-hydroxylation sites is 1. The van der Waals surface area contributed by atoms with Crippen molar-refractivity contribution >= 4 is 0 Å². The van der Waals surface area contributed by atoms with Gasteiger partial charge in [-0.3, -0.25) is 4.98 Å². The predicted octanol–water partition coefficient (Wildman–Crippen LogP) is 4.06. The molecule has 154 valence electrons. The fraction of sp³-hybridized carbons (Fsp3) is 0.522. The largest absolute Gasteiger partial charge is 0.490 e. The Kier molecular flexibility index (Phi) is 11.1. The Labute approximate surface area is 169 Å². The molecule has 0 amide bonds. The Morgan fingerprint density at radius 2 is 1.21 bits per heavy atom. The SMILES string of the molecule is CC.c1ccc(OC2CCNCC2)cc1.c1cncc(OC2CCNCC2)c1. The Hall–Kier alpha value is -2.11. The molecule has 5 heteroatoms. The van der Waals surface area contributed by atoms with Gasteiger partial charge in [-0.15, -0.1) is 0 Å². The van der Waals surface area contributed by atoms with E-state index in [1.807, 2.05) is 56.3 Å². The number of piperidine rings is 2. The predicted molar refractivity (Wildman–Crippen MR) is 115 cm³/mol. The third kappa shape index (κ3) is 8.72. The van der Waals surface area contributed by atoms with Crippen molar-refractivity contribution in [1.82, 2.24) is 15.6 Å². The summed E-state index contributed by atoms with van der Waals surface area (Å²) >= 11 is 0. The summed E-state index contributed by atoms with van der Waals surface area (Å²) in [6, 6.07) is 13.9. The molecular weight excluding hydrogens is 350 g/mol. The van der Waals surface area contributed by atoms with E-state index in [-0.39, 0.29) is 0 Å². The molecule has 4 rings (SSSR count). The summed E-state index contributed by atoms with van der Waals surface area (Å²) in [5, 5.41) is 6.63. The van der Waals surface area contributed by atoms with Crippen LogP contribution in [0.3, 0.4) is 0 Å². The van der Waals surface area contributed by atoms with Gasteiger partial charge in [0.25, 0.3) is 0 Å².